The molecule has 0 spiro atoms. The lowest BCUT2D eigenvalue weighted by molar-refractivity contribution is 0.302. The van der Waals surface area contributed by atoms with Gasteiger partial charge in [-0.15, -0.1) is 0 Å². The fourth-order valence-corrected chi connectivity index (χ4v) is 1.83. The van der Waals surface area contributed by atoms with E-state index in [1.165, 1.54) is 45.3 Å². The van der Waals surface area contributed by atoms with Crippen LogP contribution in [0.2, 0.25) is 0 Å². The number of unbranched alkanes of at least 4 members (excludes halogenated alkanes) is 1. The van der Waals surface area contributed by atoms with Gasteiger partial charge in [0.2, 0.25) is 0 Å². The summed E-state index contributed by atoms with van der Waals surface area (Å²) in [6.45, 7) is 6.71. The molecular weight excluding hydrogens is 160 g/mol. The van der Waals surface area contributed by atoms with Crippen LogP contribution in [-0.2, 0) is 0 Å². The second-order valence-corrected chi connectivity index (χ2v) is 3.77. The highest BCUT2D eigenvalue weighted by molar-refractivity contribution is 5.07. The third kappa shape index (κ3) is 3.92. The van der Waals surface area contributed by atoms with Gasteiger partial charge in [-0.3, -0.25) is 4.90 Å². The van der Waals surface area contributed by atoms with Gasteiger partial charge in [-0.25, -0.2) is 0 Å². The van der Waals surface area contributed by atoms with E-state index in [0.29, 0.717) is 0 Å². The van der Waals surface area contributed by atoms with Crippen LogP contribution in [0, 0.1) is 0 Å². The molecule has 0 unspecified atom stereocenters. The van der Waals surface area contributed by atoms with Crippen LogP contribution in [0.15, 0.2) is 11.6 Å². The lowest BCUT2D eigenvalue weighted by Crippen LogP contribution is -2.29. The van der Waals surface area contributed by atoms with Gasteiger partial charge in [0.15, 0.2) is 0 Å². The zero-order chi connectivity index (χ0) is 9.52. The molecule has 0 aromatic heterocycles. The number of hydrogen-bond acceptors (Lipinski definition) is 2. The van der Waals surface area contributed by atoms with E-state index >= 15 is 0 Å². The van der Waals surface area contributed by atoms with Crippen LogP contribution in [0.25, 0.3) is 0 Å². The van der Waals surface area contributed by atoms with Crippen molar-refractivity contribution < 1.29 is 0 Å². The van der Waals surface area contributed by atoms with Crippen molar-refractivity contribution in [2.45, 2.75) is 32.6 Å². The Kier molecular flexibility index (Phi) is 5.09. The highest BCUT2D eigenvalue weighted by atomic mass is 15.1. The molecular formula is C11H22N2. The second kappa shape index (κ2) is 6.17. The Labute approximate surface area is 81.8 Å². The number of nitrogens with zero attached hydrogens (tertiary/aromatic N) is 1. The third-order valence-corrected chi connectivity index (χ3v) is 2.70. The molecule has 13 heavy (non-hydrogen) atoms. The van der Waals surface area contributed by atoms with E-state index in [0.717, 1.165) is 6.54 Å². The number of rotatable bonds is 5. The molecule has 0 aromatic carbocycles. The van der Waals surface area contributed by atoms with Crippen LogP contribution in [0.5, 0.6) is 0 Å². The average molecular weight is 182 g/mol. The Bertz CT molecular complexity index is 163. The lowest BCUT2D eigenvalue weighted by atomic mass is 10.0. The number of likely N-dealkylation sites (N-methyl/N-ethyl adjacent to an activating group) is 1. The zero-order valence-corrected chi connectivity index (χ0v) is 8.76. The van der Waals surface area contributed by atoms with Crippen molar-refractivity contribution in [3.05, 3.63) is 11.6 Å². The molecule has 0 aliphatic carbocycles. The van der Waals surface area contributed by atoms with Gasteiger partial charge in [0.1, 0.15) is 0 Å². The monoisotopic (exact) mass is 182 g/mol. The Balaban J connectivity index is 2.21. The van der Waals surface area contributed by atoms with Crippen molar-refractivity contribution in [2.75, 3.05) is 26.2 Å². The van der Waals surface area contributed by atoms with E-state index in [2.05, 4.69) is 17.9 Å². The van der Waals surface area contributed by atoms with Gasteiger partial charge in [-0.1, -0.05) is 18.6 Å². The molecule has 2 N–H and O–H groups in total. The first-order valence-electron chi connectivity index (χ1n) is 5.47. The summed E-state index contributed by atoms with van der Waals surface area (Å²) >= 11 is 0. The van der Waals surface area contributed by atoms with E-state index in [-0.39, 0.29) is 0 Å². The molecule has 2 nitrogen and oxygen atoms in total. The van der Waals surface area contributed by atoms with Crippen molar-refractivity contribution in [3.63, 3.8) is 0 Å². The number of nitrogens with two attached hydrogens (primary N) is 1. The molecule has 0 saturated carbocycles. The lowest BCUT2D eigenvalue weighted by Gasteiger charge is -2.25. The summed E-state index contributed by atoms with van der Waals surface area (Å²) in [4.78, 5) is 2.51. The molecule has 76 valence electrons. The molecule has 1 aliphatic rings. The first-order valence-corrected chi connectivity index (χ1v) is 5.47. The minimum absolute atomic E-state index is 0.838. The summed E-state index contributed by atoms with van der Waals surface area (Å²) < 4.78 is 0. The predicted octanol–water partition coefficient (Wildman–Crippen LogP) is 1.77. The van der Waals surface area contributed by atoms with E-state index in [1.54, 1.807) is 5.57 Å². The fraction of sp³-hybridized carbons (Fsp3) is 0.818. The fourth-order valence-electron chi connectivity index (χ4n) is 1.83. The van der Waals surface area contributed by atoms with Crippen molar-refractivity contribution >= 4 is 0 Å². The van der Waals surface area contributed by atoms with E-state index in [4.69, 9.17) is 5.73 Å². The summed E-state index contributed by atoms with van der Waals surface area (Å²) in [5, 5.41) is 0. The highest BCUT2D eigenvalue weighted by Gasteiger charge is 2.09. The maximum absolute atomic E-state index is 5.47. The first kappa shape index (κ1) is 10.7. The molecule has 0 atom stereocenters. The smallest absolute Gasteiger partial charge is 0.0192 e. The molecule has 1 aliphatic heterocycles. The van der Waals surface area contributed by atoms with Crippen LogP contribution < -0.4 is 5.73 Å². The molecule has 0 radical (unpaired) electrons. The zero-order valence-electron chi connectivity index (χ0n) is 8.76. The predicted molar refractivity (Wildman–Crippen MR) is 57.7 cm³/mol. The molecule has 0 saturated heterocycles. The molecule has 0 fully saturated rings. The van der Waals surface area contributed by atoms with Crippen molar-refractivity contribution in [3.8, 4) is 0 Å². The van der Waals surface area contributed by atoms with Gasteiger partial charge in [0.25, 0.3) is 0 Å². The van der Waals surface area contributed by atoms with E-state index in [1.807, 2.05) is 0 Å². The molecule has 0 amide bonds. The quantitative estimate of drug-likeness (QED) is 0.518. The van der Waals surface area contributed by atoms with Crippen molar-refractivity contribution in [1.29, 1.82) is 0 Å². The summed E-state index contributed by atoms with van der Waals surface area (Å²) in [7, 11) is 0. The average Bonchev–Trinajstić information content (AvgIpc) is 2.19. The minimum atomic E-state index is 0.838. The molecule has 0 bridgehead atoms. The van der Waals surface area contributed by atoms with Gasteiger partial charge >= 0.3 is 0 Å². The Hall–Kier alpha value is -0.340. The maximum Gasteiger partial charge on any atom is 0.0192 e. The van der Waals surface area contributed by atoms with Crippen LogP contribution >= 0.6 is 0 Å². The second-order valence-electron chi connectivity index (χ2n) is 3.77. The van der Waals surface area contributed by atoms with Crippen LogP contribution in [-0.4, -0.2) is 31.1 Å². The first-order chi connectivity index (χ1) is 6.36. The summed E-state index contributed by atoms with van der Waals surface area (Å²) in [6, 6.07) is 0. The summed E-state index contributed by atoms with van der Waals surface area (Å²) in [6.07, 6.45) is 7.35. The highest BCUT2D eigenvalue weighted by Crippen LogP contribution is 2.14. The minimum Gasteiger partial charge on any atom is -0.330 e. The van der Waals surface area contributed by atoms with Crippen molar-refractivity contribution in [1.82, 2.24) is 4.90 Å². The van der Waals surface area contributed by atoms with E-state index < -0.39 is 0 Å². The van der Waals surface area contributed by atoms with Gasteiger partial charge < -0.3 is 5.73 Å². The van der Waals surface area contributed by atoms with Gasteiger partial charge in [0.05, 0.1) is 0 Å². The maximum atomic E-state index is 5.47. The molecule has 0 aromatic rings. The van der Waals surface area contributed by atoms with Crippen molar-refractivity contribution in [2.24, 2.45) is 5.73 Å². The topological polar surface area (TPSA) is 29.3 Å². The summed E-state index contributed by atoms with van der Waals surface area (Å²) in [5.74, 6) is 0. The third-order valence-electron chi connectivity index (χ3n) is 2.70. The Morgan fingerprint density at radius 3 is 3.00 bits per heavy atom. The van der Waals surface area contributed by atoms with Gasteiger partial charge in [0, 0.05) is 13.1 Å². The Morgan fingerprint density at radius 1 is 1.46 bits per heavy atom. The van der Waals surface area contributed by atoms with Gasteiger partial charge in [-0.05, 0) is 38.8 Å². The standard InChI is InChI=1S/C11H22N2/c1-2-13-9-5-7-11(10-13)6-3-4-8-12/h7H,2-6,8-10,12H2,1H3. The van der Waals surface area contributed by atoms with Gasteiger partial charge in [-0.2, -0.15) is 0 Å². The normalized spacial score (nSPS) is 18.8. The molecule has 1 rings (SSSR count). The number of hydrogen-bond donors (Lipinski definition) is 1. The molecule has 1 heterocycles. The van der Waals surface area contributed by atoms with E-state index in [9.17, 15) is 0 Å². The van der Waals surface area contributed by atoms with Crippen LogP contribution in [0.3, 0.4) is 0 Å². The largest absolute Gasteiger partial charge is 0.330 e. The Morgan fingerprint density at radius 2 is 2.31 bits per heavy atom. The summed E-state index contributed by atoms with van der Waals surface area (Å²) in [5.41, 5.74) is 7.09. The van der Waals surface area contributed by atoms with Crippen LogP contribution in [0.1, 0.15) is 32.6 Å². The van der Waals surface area contributed by atoms with Crippen LogP contribution in [0.4, 0.5) is 0 Å². The molecule has 2 heteroatoms. The SMILES string of the molecule is CCN1CCC=C(CCCCN)C1.